The number of hydrogen-bond acceptors (Lipinski definition) is 2. The van der Waals surface area contributed by atoms with Crippen molar-refractivity contribution in [3.8, 4) is 5.75 Å². The molecule has 21 heavy (non-hydrogen) atoms. The zero-order valence-corrected chi connectivity index (χ0v) is 13.8. The Kier molecular flexibility index (Phi) is 5.76. The topological polar surface area (TPSA) is 21.3 Å². The lowest BCUT2D eigenvalue weighted by Gasteiger charge is -2.18. The van der Waals surface area contributed by atoms with Crippen molar-refractivity contribution in [1.82, 2.24) is 5.32 Å². The molecule has 2 aromatic rings. The highest BCUT2D eigenvalue weighted by Gasteiger charge is 2.12. The molecule has 0 radical (unpaired) electrons. The first-order valence-corrected chi connectivity index (χ1v) is 7.79. The van der Waals surface area contributed by atoms with Gasteiger partial charge < -0.3 is 10.1 Å². The first kappa shape index (κ1) is 16.0. The summed E-state index contributed by atoms with van der Waals surface area (Å²) < 4.78 is 20.3. The van der Waals surface area contributed by atoms with E-state index in [1.807, 2.05) is 38.1 Å². The zero-order chi connectivity index (χ0) is 15.2. The van der Waals surface area contributed by atoms with Gasteiger partial charge in [-0.1, -0.05) is 41.1 Å². The molecule has 112 valence electrons. The minimum absolute atomic E-state index is 0.121. The Bertz CT molecular complexity index is 586. The molecule has 0 aromatic heterocycles. The third-order valence-electron chi connectivity index (χ3n) is 3.26. The lowest BCUT2D eigenvalue weighted by molar-refractivity contribution is 0.298. The molecule has 1 atom stereocenters. The molecule has 0 amide bonds. The first-order valence-electron chi connectivity index (χ1n) is 7.00. The number of halogens is 2. The summed E-state index contributed by atoms with van der Waals surface area (Å²) in [6.07, 6.45) is 0. The van der Waals surface area contributed by atoms with Crippen LogP contribution in [0.3, 0.4) is 0 Å². The van der Waals surface area contributed by atoms with Gasteiger partial charge in [0.25, 0.3) is 0 Å². The number of rotatable bonds is 6. The van der Waals surface area contributed by atoms with E-state index in [9.17, 15) is 4.39 Å². The SMILES string of the molecule is CCNC(C)c1ccc(F)cc1OCc1ccc(Br)cc1. The second-order valence-electron chi connectivity index (χ2n) is 4.88. The molecule has 0 aliphatic rings. The van der Waals surface area contributed by atoms with Crippen molar-refractivity contribution in [3.05, 3.63) is 63.9 Å². The highest BCUT2D eigenvalue weighted by Crippen LogP contribution is 2.27. The molecule has 4 heteroatoms. The third kappa shape index (κ3) is 4.55. The molecule has 0 bridgehead atoms. The number of benzene rings is 2. The standard InChI is InChI=1S/C17H19BrFNO/c1-3-20-12(2)16-9-8-15(19)10-17(16)21-11-13-4-6-14(18)7-5-13/h4-10,12,20H,3,11H2,1-2H3. The summed E-state index contributed by atoms with van der Waals surface area (Å²) in [5.74, 6) is 0.305. The number of ether oxygens (including phenoxy) is 1. The van der Waals surface area contributed by atoms with E-state index in [0.29, 0.717) is 12.4 Å². The molecule has 0 saturated heterocycles. The van der Waals surface area contributed by atoms with Crippen LogP contribution in [0.5, 0.6) is 5.75 Å². The van der Waals surface area contributed by atoms with Gasteiger partial charge in [-0.25, -0.2) is 4.39 Å². The van der Waals surface area contributed by atoms with Crippen LogP contribution in [0, 0.1) is 5.82 Å². The summed E-state index contributed by atoms with van der Waals surface area (Å²) in [5.41, 5.74) is 2.01. The average molecular weight is 352 g/mol. The van der Waals surface area contributed by atoms with E-state index in [-0.39, 0.29) is 11.9 Å². The van der Waals surface area contributed by atoms with Gasteiger partial charge in [-0.2, -0.15) is 0 Å². The van der Waals surface area contributed by atoms with E-state index in [0.717, 1.165) is 22.1 Å². The minimum Gasteiger partial charge on any atom is -0.488 e. The van der Waals surface area contributed by atoms with Crippen LogP contribution in [0.4, 0.5) is 4.39 Å². The van der Waals surface area contributed by atoms with Gasteiger partial charge in [0.15, 0.2) is 0 Å². The molecule has 2 aromatic carbocycles. The summed E-state index contributed by atoms with van der Waals surface area (Å²) in [6.45, 7) is 5.36. The maximum Gasteiger partial charge on any atom is 0.127 e. The van der Waals surface area contributed by atoms with Crippen LogP contribution in [0.25, 0.3) is 0 Å². The second-order valence-corrected chi connectivity index (χ2v) is 5.79. The molecule has 2 nitrogen and oxygen atoms in total. The Morgan fingerprint density at radius 1 is 1.19 bits per heavy atom. The average Bonchev–Trinajstić information content (AvgIpc) is 2.47. The Labute approximate surface area is 133 Å². The van der Waals surface area contributed by atoms with Crippen LogP contribution in [0.1, 0.15) is 31.0 Å². The maximum absolute atomic E-state index is 13.5. The molecular formula is C17H19BrFNO. The predicted octanol–water partition coefficient (Wildman–Crippen LogP) is 4.84. The van der Waals surface area contributed by atoms with Crippen molar-refractivity contribution in [2.45, 2.75) is 26.5 Å². The Hall–Kier alpha value is -1.39. The molecule has 1 unspecified atom stereocenters. The largest absolute Gasteiger partial charge is 0.488 e. The molecule has 0 saturated carbocycles. The van der Waals surface area contributed by atoms with Gasteiger partial charge in [0, 0.05) is 22.1 Å². The molecule has 0 heterocycles. The minimum atomic E-state index is -0.284. The van der Waals surface area contributed by atoms with E-state index in [1.54, 1.807) is 6.07 Å². The lowest BCUT2D eigenvalue weighted by Crippen LogP contribution is -2.18. The van der Waals surface area contributed by atoms with Gasteiger partial charge in [0.2, 0.25) is 0 Å². The van der Waals surface area contributed by atoms with Gasteiger partial charge >= 0.3 is 0 Å². The van der Waals surface area contributed by atoms with Crippen LogP contribution in [-0.2, 0) is 6.61 Å². The Morgan fingerprint density at radius 2 is 1.90 bits per heavy atom. The van der Waals surface area contributed by atoms with E-state index < -0.39 is 0 Å². The highest BCUT2D eigenvalue weighted by molar-refractivity contribution is 9.10. The summed E-state index contributed by atoms with van der Waals surface area (Å²) in [4.78, 5) is 0. The van der Waals surface area contributed by atoms with Crippen LogP contribution < -0.4 is 10.1 Å². The molecule has 0 aliphatic carbocycles. The van der Waals surface area contributed by atoms with Gasteiger partial charge in [0.05, 0.1) is 0 Å². The van der Waals surface area contributed by atoms with Crippen LogP contribution >= 0.6 is 15.9 Å². The summed E-state index contributed by atoms with van der Waals surface area (Å²) in [7, 11) is 0. The van der Waals surface area contributed by atoms with Gasteiger partial charge in [-0.15, -0.1) is 0 Å². The van der Waals surface area contributed by atoms with Crippen molar-refractivity contribution in [3.63, 3.8) is 0 Å². The molecule has 0 fully saturated rings. The van der Waals surface area contributed by atoms with Crippen molar-refractivity contribution >= 4 is 15.9 Å². The Balaban J connectivity index is 2.14. The van der Waals surface area contributed by atoms with E-state index in [2.05, 4.69) is 21.2 Å². The summed E-state index contributed by atoms with van der Waals surface area (Å²) >= 11 is 3.40. The summed E-state index contributed by atoms with van der Waals surface area (Å²) in [6, 6.07) is 12.7. The van der Waals surface area contributed by atoms with Crippen LogP contribution in [0.15, 0.2) is 46.9 Å². The predicted molar refractivity (Wildman–Crippen MR) is 87.0 cm³/mol. The Morgan fingerprint density at radius 3 is 2.57 bits per heavy atom. The smallest absolute Gasteiger partial charge is 0.127 e. The van der Waals surface area contributed by atoms with Gasteiger partial charge in [-0.05, 0) is 37.2 Å². The van der Waals surface area contributed by atoms with Crippen molar-refractivity contribution < 1.29 is 9.13 Å². The zero-order valence-electron chi connectivity index (χ0n) is 12.2. The first-order chi connectivity index (χ1) is 10.1. The molecule has 1 N–H and O–H groups in total. The fraction of sp³-hybridized carbons (Fsp3) is 0.294. The number of hydrogen-bond donors (Lipinski definition) is 1. The highest BCUT2D eigenvalue weighted by atomic mass is 79.9. The summed E-state index contributed by atoms with van der Waals surface area (Å²) in [5, 5.41) is 3.32. The lowest BCUT2D eigenvalue weighted by atomic mass is 10.1. The molecular weight excluding hydrogens is 333 g/mol. The van der Waals surface area contributed by atoms with E-state index >= 15 is 0 Å². The van der Waals surface area contributed by atoms with Gasteiger partial charge in [0.1, 0.15) is 18.2 Å². The van der Waals surface area contributed by atoms with Crippen LogP contribution in [0.2, 0.25) is 0 Å². The fourth-order valence-electron chi connectivity index (χ4n) is 2.15. The van der Waals surface area contributed by atoms with Gasteiger partial charge in [-0.3, -0.25) is 0 Å². The monoisotopic (exact) mass is 351 g/mol. The molecule has 2 rings (SSSR count). The quantitative estimate of drug-likeness (QED) is 0.803. The van der Waals surface area contributed by atoms with Crippen molar-refractivity contribution in [2.24, 2.45) is 0 Å². The number of nitrogens with one attached hydrogen (secondary N) is 1. The molecule has 0 aliphatic heterocycles. The van der Waals surface area contributed by atoms with E-state index in [4.69, 9.17) is 4.74 Å². The van der Waals surface area contributed by atoms with Crippen molar-refractivity contribution in [2.75, 3.05) is 6.54 Å². The van der Waals surface area contributed by atoms with Crippen molar-refractivity contribution in [1.29, 1.82) is 0 Å². The second kappa shape index (κ2) is 7.57. The fourth-order valence-corrected chi connectivity index (χ4v) is 2.41. The molecule has 0 spiro atoms. The maximum atomic E-state index is 13.5. The third-order valence-corrected chi connectivity index (χ3v) is 3.79. The normalized spacial score (nSPS) is 12.2. The van der Waals surface area contributed by atoms with E-state index in [1.165, 1.54) is 12.1 Å². The van der Waals surface area contributed by atoms with Crippen LogP contribution in [-0.4, -0.2) is 6.54 Å².